The molecule has 2 aromatic rings. The molecule has 0 spiro atoms. The van der Waals surface area contributed by atoms with Crippen molar-refractivity contribution in [1.82, 2.24) is 9.55 Å². The lowest BCUT2D eigenvalue weighted by atomic mass is 9.89. The molecule has 4 nitrogen and oxygen atoms in total. The van der Waals surface area contributed by atoms with E-state index in [4.69, 9.17) is 10.5 Å². The molecule has 0 amide bonds. The number of halogens is 2. The summed E-state index contributed by atoms with van der Waals surface area (Å²) in [4.78, 5) is 4.32. The Balaban J connectivity index is 2.39. The van der Waals surface area contributed by atoms with E-state index in [-0.39, 0.29) is 11.2 Å². The Bertz CT molecular complexity index is 624. The number of nitrogens with zero attached hydrogens (tertiary/aromatic N) is 2. The number of fused-ring (bicyclic) bond motifs is 1. The number of imidazole rings is 1. The highest BCUT2D eigenvalue weighted by Crippen LogP contribution is 2.29. The summed E-state index contributed by atoms with van der Waals surface area (Å²) in [6.45, 7) is 5.64. The highest BCUT2D eigenvalue weighted by Gasteiger charge is 2.22. The number of anilines is 1. The van der Waals surface area contributed by atoms with Gasteiger partial charge in [-0.15, -0.1) is 0 Å². The van der Waals surface area contributed by atoms with Crippen molar-refractivity contribution in [1.29, 1.82) is 0 Å². The minimum atomic E-state index is -0.242. The van der Waals surface area contributed by atoms with Crippen molar-refractivity contribution in [3.05, 3.63) is 21.5 Å². The van der Waals surface area contributed by atoms with Crippen molar-refractivity contribution in [2.45, 2.75) is 26.8 Å². The first-order valence-electron chi connectivity index (χ1n) is 6.44. The van der Waals surface area contributed by atoms with Gasteiger partial charge in [0.25, 0.3) is 0 Å². The Kier molecular flexibility index (Phi) is 4.53. The first-order valence-corrected chi connectivity index (χ1v) is 7.51. The van der Waals surface area contributed by atoms with Gasteiger partial charge in [0.15, 0.2) is 0 Å². The Morgan fingerprint density at radius 1 is 1.45 bits per heavy atom. The van der Waals surface area contributed by atoms with Gasteiger partial charge in [0, 0.05) is 26.3 Å². The van der Waals surface area contributed by atoms with E-state index < -0.39 is 0 Å². The Labute approximate surface area is 131 Å². The van der Waals surface area contributed by atoms with Gasteiger partial charge in [0.2, 0.25) is 5.95 Å². The van der Waals surface area contributed by atoms with Gasteiger partial charge in [-0.05, 0) is 40.5 Å². The predicted molar refractivity (Wildman–Crippen MR) is 87.1 cm³/mol. The second-order valence-electron chi connectivity index (χ2n) is 5.72. The van der Waals surface area contributed by atoms with Crippen LogP contribution in [0, 0.1) is 14.8 Å². The smallest absolute Gasteiger partial charge is 0.201 e. The van der Waals surface area contributed by atoms with Crippen LogP contribution in [0.5, 0.6) is 0 Å². The lowest BCUT2D eigenvalue weighted by Crippen LogP contribution is -2.22. The summed E-state index contributed by atoms with van der Waals surface area (Å²) in [6, 6.07) is 3.23. The molecule has 0 atom stereocenters. The van der Waals surface area contributed by atoms with Crippen LogP contribution in [0.4, 0.5) is 10.3 Å². The van der Waals surface area contributed by atoms with Crippen LogP contribution in [0.2, 0.25) is 0 Å². The fourth-order valence-corrected chi connectivity index (χ4v) is 2.64. The van der Waals surface area contributed by atoms with Crippen molar-refractivity contribution in [3.8, 4) is 0 Å². The van der Waals surface area contributed by atoms with Crippen LogP contribution in [-0.4, -0.2) is 23.3 Å². The summed E-state index contributed by atoms with van der Waals surface area (Å²) in [7, 11) is 1.69. The summed E-state index contributed by atoms with van der Waals surface area (Å²) in [5.74, 6) is 0.181. The van der Waals surface area contributed by atoms with Gasteiger partial charge in [-0.25, -0.2) is 9.37 Å². The molecular weight excluding hydrogens is 372 g/mol. The molecule has 0 saturated carbocycles. The third kappa shape index (κ3) is 3.22. The third-order valence-electron chi connectivity index (χ3n) is 3.39. The largest absolute Gasteiger partial charge is 0.385 e. The summed E-state index contributed by atoms with van der Waals surface area (Å²) in [5, 5.41) is 0. The Morgan fingerprint density at radius 3 is 2.80 bits per heavy atom. The van der Waals surface area contributed by atoms with Crippen LogP contribution in [0.15, 0.2) is 12.1 Å². The number of rotatable bonds is 5. The number of hydrogen-bond acceptors (Lipinski definition) is 3. The molecule has 0 unspecified atom stereocenters. The van der Waals surface area contributed by atoms with Gasteiger partial charge < -0.3 is 15.0 Å². The topological polar surface area (TPSA) is 53.1 Å². The van der Waals surface area contributed by atoms with Gasteiger partial charge in [0.1, 0.15) is 5.82 Å². The number of ether oxygens (including phenoxy) is 1. The molecule has 0 aliphatic heterocycles. The first kappa shape index (κ1) is 15.5. The molecule has 110 valence electrons. The average molecular weight is 391 g/mol. The van der Waals surface area contributed by atoms with Gasteiger partial charge in [-0.2, -0.15) is 0 Å². The monoisotopic (exact) mass is 391 g/mol. The standard InChI is InChI=1S/C14H19FIN3O/c1-14(2,4-5-20-3)8-19-12-6-9(15)10(16)7-11(12)18-13(19)17/h6-7H,4-5,8H2,1-3H3,(H2,17,18). The van der Waals surface area contributed by atoms with E-state index in [0.29, 0.717) is 22.7 Å². The van der Waals surface area contributed by atoms with Gasteiger partial charge in [0.05, 0.1) is 14.6 Å². The lowest BCUT2D eigenvalue weighted by Gasteiger charge is -2.25. The van der Waals surface area contributed by atoms with E-state index in [1.807, 2.05) is 27.2 Å². The van der Waals surface area contributed by atoms with Crippen molar-refractivity contribution in [2.75, 3.05) is 19.5 Å². The zero-order chi connectivity index (χ0) is 14.9. The molecule has 0 aliphatic carbocycles. The van der Waals surface area contributed by atoms with E-state index in [2.05, 4.69) is 18.8 Å². The van der Waals surface area contributed by atoms with Crippen molar-refractivity contribution in [2.24, 2.45) is 5.41 Å². The number of aromatic nitrogens is 2. The van der Waals surface area contributed by atoms with E-state index in [1.165, 1.54) is 6.07 Å². The second kappa shape index (κ2) is 5.85. The Hall–Kier alpha value is -0.890. The van der Waals surface area contributed by atoms with Crippen LogP contribution in [0.3, 0.4) is 0 Å². The second-order valence-corrected chi connectivity index (χ2v) is 6.88. The molecule has 1 aromatic carbocycles. The van der Waals surface area contributed by atoms with E-state index >= 15 is 0 Å². The van der Waals surface area contributed by atoms with E-state index in [0.717, 1.165) is 17.5 Å². The molecule has 1 aromatic heterocycles. The van der Waals surface area contributed by atoms with Crippen LogP contribution in [0.1, 0.15) is 20.3 Å². The van der Waals surface area contributed by atoms with Crippen LogP contribution >= 0.6 is 22.6 Å². The molecule has 1 heterocycles. The minimum Gasteiger partial charge on any atom is -0.385 e. The maximum Gasteiger partial charge on any atom is 0.201 e. The molecule has 0 fully saturated rings. The summed E-state index contributed by atoms with van der Waals surface area (Å²) in [5.41, 5.74) is 7.46. The van der Waals surface area contributed by atoms with Gasteiger partial charge in [-0.3, -0.25) is 0 Å². The molecule has 20 heavy (non-hydrogen) atoms. The van der Waals surface area contributed by atoms with Crippen LogP contribution < -0.4 is 5.73 Å². The van der Waals surface area contributed by atoms with Crippen molar-refractivity contribution in [3.63, 3.8) is 0 Å². The summed E-state index contributed by atoms with van der Waals surface area (Å²) in [6.07, 6.45) is 0.898. The highest BCUT2D eigenvalue weighted by atomic mass is 127. The lowest BCUT2D eigenvalue weighted by molar-refractivity contribution is 0.143. The predicted octanol–water partition coefficient (Wildman–Crippen LogP) is 3.42. The molecule has 2 rings (SSSR count). The number of nitrogens with two attached hydrogens (primary N) is 1. The fourth-order valence-electron chi connectivity index (χ4n) is 2.19. The Morgan fingerprint density at radius 2 is 2.15 bits per heavy atom. The maximum atomic E-state index is 13.8. The molecule has 0 radical (unpaired) electrons. The van der Waals surface area contributed by atoms with Crippen molar-refractivity contribution >= 4 is 39.6 Å². The minimum absolute atomic E-state index is 0.00275. The molecule has 0 saturated heterocycles. The summed E-state index contributed by atoms with van der Waals surface area (Å²) < 4.78 is 21.3. The average Bonchev–Trinajstić information content (AvgIpc) is 2.64. The number of methoxy groups -OCH3 is 1. The zero-order valence-electron chi connectivity index (χ0n) is 11.9. The van der Waals surface area contributed by atoms with Gasteiger partial charge in [-0.1, -0.05) is 13.8 Å². The van der Waals surface area contributed by atoms with Crippen molar-refractivity contribution < 1.29 is 9.13 Å². The molecule has 0 aliphatic rings. The first-order chi connectivity index (χ1) is 9.34. The molecule has 0 bridgehead atoms. The van der Waals surface area contributed by atoms with Crippen LogP contribution in [-0.2, 0) is 11.3 Å². The number of benzene rings is 1. The molecule has 6 heteroatoms. The van der Waals surface area contributed by atoms with E-state index in [9.17, 15) is 4.39 Å². The van der Waals surface area contributed by atoms with Crippen LogP contribution in [0.25, 0.3) is 11.0 Å². The SMILES string of the molecule is COCCC(C)(C)Cn1c(N)nc2cc(I)c(F)cc21. The number of nitrogen functional groups attached to an aromatic ring is 1. The number of hydrogen-bond donors (Lipinski definition) is 1. The third-order valence-corrected chi connectivity index (χ3v) is 4.22. The van der Waals surface area contributed by atoms with E-state index in [1.54, 1.807) is 13.2 Å². The normalized spacial score (nSPS) is 12.2. The fraction of sp³-hybridized carbons (Fsp3) is 0.500. The highest BCUT2D eigenvalue weighted by molar-refractivity contribution is 14.1. The summed E-state index contributed by atoms with van der Waals surface area (Å²) >= 11 is 1.96. The molecule has 2 N–H and O–H groups in total. The maximum absolute atomic E-state index is 13.8. The van der Waals surface area contributed by atoms with Gasteiger partial charge >= 0.3 is 0 Å². The molecular formula is C14H19FIN3O. The zero-order valence-corrected chi connectivity index (χ0v) is 14.1. The quantitative estimate of drug-likeness (QED) is 0.795.